The minimum atomic E-state index is -0.647. The van der Waals surface area contributed by atoms with Crippen LogP contribution in [0.15, 0.2) is 18.2 Å². The summed E-state index contributed by atoms with van der Waals surface area (Å²) in [7, 11) is 0. The maximum atomic E-state index is 11.9. The first kappa shape index (κ1) is 15.5. The number of aliphatic hydroxyl groups excluding tert-OH is 1. The summed E-state index contributed by atoms with van der Waals surface area (Å²) in [5.41, 5.74) is 2.70. The number of anilines is 1. The van der Waals surface area contributed by atoms with Crippen molar-refractivity contribution in [2.24, 2.45) is 0 Å². The summed E-state index contributed by atoms with van der Waals surface area (Å²) < 4.78 is 0. The predicted molar refractivity (Wildman–Crippen MR) is 81.0 cm³/mol. The average Bonchev–Trinajstić information content (AvgIpc) is 2.40. The molecule has 0 radical (unpaired) electrons. The lowest BCUT2D eigenvalue weighted by Crippen LogP contribution is -2.43. The van der Waals surface area contributed by atoms with E-state index in [0.717, 1.165) is 11.1 Å². The van der Waals surface area contributed by atoms with E-state index in [-0.39, 0.29) is 12.1 Å². The molecule has 0 heterocycles. The van der Waals surface area contributed by atoms with Gasteiger partial charge in [-0.2, -0.15) is 0 Å². The van der Waals surface area contributed by atoms with E-state index in [9.17, 15) is 14.7 Å². The number of hydrogen-bond acceptors (Lipinski definition) is 3. The molecule has 1 aliphatic carbocycles. The Labute approximate surface area is 124 Å². The van der Waals surface area contributed by atoms with E-state index in [2.05, 4.69) is 10.6 Å². The van der Waals surface area contributed by atoms with Crippen LogP contribution in [0, 0.1) is 13.8 Å². The van der Waals surface area contributed by atoms with Gasteiger partial charge < -0.3 is 15.7 Å². The Morgan fingerprint density at radius 3 is 2.14 bits per heavy atom. The normalized spacial score (nSPS) is 21.7. The van der Waals surface area contributed by atoms with Crippen LogP contribution < -0.4 is 10.6 Å². The van der Waals surface area contributed by atoms with Gasteiger partial charge >= 0.3 is 11.8 Å². The van der Waals surface area contributed by atoms with Crippen LogP contribution in [0.4, 0.5) is 5.69 Å². The van der Waals surface area contributed by atoms with E-state index >= 15 is 0 Å². The maximum Gasteiger partial charge on any atom is 0.313 e. The van der Waals surface area contributed by atoms with Gasteiger partial charge in [-0.05, 0) is 62.8 Å². The van der Waals surface area contributed by atoms with Gasteiger partial charge in [0.1, 0.15) is 0 Å². The minimum Gasteiger partial charge on any atom is -0.393 e. The lowest BCUT2D eigenvalue weighted by atomic mass is 9.93. The molecule has 3 N–H and O–H groups in total. The quantitative estimate of drug-likeness (QED) is 0.725. The van der Waals surface area contributed by atoms with Gasteiger partial charge in [0.2, 0.25) is 0 Å². The number of aliphatic hydroxyl groups is 1. The molecule has 5 heteroatoms. The van der Waals surface area contributed by atoms with E-state index < -0.39 is 11.8 Å². The van der Waals surface area contributed by atoms with E-state index in [4.69, 9.17) is 0 Å². The van der Waals surface area contributed by atoms with Crippen molar-refractivity contribution in [2.45, 2.75) is 51.7 Å². The Hall–Kier alpha value is -1.88. The molecule has 1 aromatic carbocycles. The van der Waals surface area contributed by atoms with Crippen molar-refractivity contribution in [1.29, 1.82) is 0 Å². The third-order valence-electron chi connectivity index (χ3n) is 3.72. The average molecular weight is 290 g/mol. The Bertz CT molecular complexity index is 514. The molecular weight excluding hydrogens is 268 g/mol. The number of carbonyl (C=O) groups is 2. The summed E-state index contributed by atoms with van der Waals surface area (Å²) in [4.78, 5) is 23.8. The first-order chi connectivity index (χ1) is 9.94. The summed E-state index contributed by atoms with van der Waals surface area (Å²) in [5.74, 6) is -1.26. The second-order valence-electron chi connectivity index (χ2n) is 5.81. The van der Waals surface area contributed by atoms with Crippen LogP contribution in [0.1, 0.15) is 36.8 Å². The van der Waals surface area contributed by atoms with Crippen LogP contribution in [-0.2, 0) is 9.59 Å². The second-order valence-corrected chi connectivity index (χ2v) is 5.81. The molecule has 1 fully saturated rings. The van der Waals surface area contributed by atoms with Gasteiger partial charge in [0.25, 0.3) is 0 Å². The number of rotatable bonds is 2. The van der Waals surface area contributed by atoms with E-state index in [1.54, 1.807) is 0 Å². The molecule has 0 aliphatic heterocycles. The molecule has 0 unspecified atom stereocenters. The Kier molecular flexibility index (Phi) is 4.96. The standard InChI is InChI=1S/C16H22N2O3/c1-10-7-11(2)9-13(8-10)18-16(21)15(20)17-12-3-5-14(19)6-4-12/h7-9,12,14,19H,3-6H2,1-2H3,(H,17,20)(H,18,21). The number of aryl methyl sites for hydroxylation is 2. The summed E-state index contributed by atoms with van der Waals surface area (Å²) in [6.45, 7) is 3.88. The van der Waals surface area contributed by atoms with Crippen LogP contribution in [0.3, 0.4) is 0 Å². The molecule has 114 valence electrons. The summed E-state index contributed by atoms with van der Waals surface area (Å²) in [5, 5.41) is 14.8. The van der Waals surface area contributed by atoms with Gasteiger partial charge in [0.15, 0.2) is 0 Å². The molecule has 2 amide bonds. The van der Waals surface area contributed by atoms with Gasteiger partial charge in [-0.25, -0.2) is 0 Å². The van der Waals surface area contributed by atoms with Gasteiger partial charge in [-0.3, -0.25) is 9.59 Å². The number of hydrogen-bond donors (Lipinski definition) is 3. The first-order valence-corrected chi connectivity index (χ1v) is 7.32. The molecule has 1 aromatic rings. The predicted octanol–water partition coefficient (Wildman–Crippen LogP) is 1.66. The molecule has 0 aromatic heterocycles. The van der Waals surface area contributed by atoms with Crippen molar-refractivity contribution in [2.75, 3.05) is 5.32 Å². The van der Waals surface area contributed by atoms with Crippen molar-refractivity contribution in [3.63, 3.8) is 0 Å². The molecule has 0 bridgehead atoms. The Morgan fingerprint density at radius 1 is 1.00 bits per heavy atom. The van der Waals surface area contributed by atoms with Crippen molar-refractivity contribution in [3.8, 4) is 0 Å². The van der Waals surface area contributed by atoms with Crippen LogP contribution in [-0.4, -0.2) is 29.1 Å². The Balaban J connectivity index is 1.89. The summed E-state index contributed by atoms with van der Waals surface area (Å²) in [6, 6.07) is 5.64. The fourth-order valence-corrected chi connectivity index (χ4v) is 2.71. The number of benzene rings is 1. The Morgan fingerprint density at radius 2 is 1.57 bits per heavy atom. The molecule has 5 nitrogen and oxygen atoms in total. The molecular formula is C16H22N2O3. The summed E-state index contributed by atoms with van der Waals surface area (Å²) >= 11 is 0. The molecule has 21 heavy (non-hydrogen) atoms. The molecule has 0 spiro atoms. The molecule has 1 saturated carbocycles. The zero-order valence-corrected chi connectivity index (χ0v) is 12.5. The fourth-order valence-electron chi connectivity index (χ4n) is 2.71. The lowest BCUT2D eigenvalue weighted by Gasteiger charge is -2.25. The van der Waals surface area contributed by atoms with Gasteiger partial charge in [0, 0.05) is 11.7 Å². The van der Waals surface area contributed by atoms with E-state index in [0.29, 0.717) is 31.4 Å². The minimum absolute atomic E-state index is 0.0223. The topological polar surface area (TPSA) is 78.4 Å². The highest BCUT2D eigenvalue weighted by Crippen LogP contribution is 2.18. The van der Waals surface area contributed by atoms with Crippen molar-refractivity contribution in [3.05, 3.63) is 29.3 Å². The number of carbonyl (C=O) groups excluding carboxylic acids is 2. The largest absolute Gasteiger partial charge is 0.393 e. The van der Waals surface area contributed by atoms with E-state index in [1.165, 1.54) is 0 Å². The number of nitrogens with one attached hydrogen (secondary N) is 2. The molecule has 0 atom stereocenters. The third-order valence-corrected chi connectivity index (χ3v) is 3.72. The van der Waals surface area contributed by atoms with Crippen molar-refractivity contribution >= 4 is 17.5 Å². The summed E-state index contributed by atoms with van der Waals surface area (Å²) in [6.07, 6.45) is 2.49. The smallest absolute Gasteiger partial charge is 0.313 e. The molecule has 2 rings (SSSR count). The van der Waals surface area contributed by atoms with Crippen LogP contribution in [0.25, 0.3) is 0 Å². The SMILES string of the molecule is Cc1cc(C)cc(NC(=O)C(=O)NC2CCC(O)CC2)c1. The van der Waals surface area contributed by atoms with E-state index in [1.807, 2.05) is 32.0 Å². The zero-order chi connectivity index (χ0) is 15.4. The van der Waals surface area contributed by atoms with Gasteiger partial charge in [0.05, 0.1) is 6.10 Å². The third kappa shape index (κ3) is 4.56. The van der Waals surface area contributed by atoms with Crippen LogP contribution >= 0.6 is 0 Å². The highest BCUT2D eigenvalue weighted by molar-refractivity contribution is 6.39. The fraction of sp³-hybridized carbons (Fsp3) is 0.500. The second kappa shape index (κ2) is 6.72. The van der Waals surface area contributed by atoms with Crippen LogP contribution in [0.5, 0.6) is 0 Å². The zero-order valence-electron chi connectivity index (χ0n) is 12.5. The molecule has 0 saturated heterocycles. The van der Waals surface area contributed by atoms with Gasteiger partial charge in [-0.15, -0.1) is 0 Å². The molecule has 1 aliphatic rings. The maximum absolute atomic E-state index is 11.9. The highest BCUT2D eigenvalue weighted by atomic mass is 16.3. The number of amides is 2. The van der Waals surface area contributed by atoms with Gasteiger partial charge in [-0.1, -0.05) is 6.07 Å². The van der Waals surface area contributed by atoms with Crippen LogP contribution in [0.2, 0.25) is 0 Å². The highest BCUT2D eigenvalue weighted by Gasteiger charge is 2.23. The first-order valence-electron chi connectivity index (χ1n) is 7.32. The van der Waals surface area contributed by atoms with Crippen molar-refractivity contribution < 1.29 is 14.7 Å². The van der Waals surface area contributed by atoms with Crippen molar-refractivity contribution in [1.82, 2.24) is 5.32 Å². The lowest BCUT2D eigenvalue weighted by molar-refractivity contribution is -0.136. The monoisotopic (exact) mass is 290 g/mol.